The summed E-state index contributed by atoms with van der Waals surface area (Å²) in [6, 6.07) is 2.52. The topological polar surface area (TPSA) is 50.7 Å². The summed E-state index contributed by atoms with van der Waals surface area (Å²) in [6.07, 6.45) is 0.871. The minimum absolute atomic E-state index is 0.126. The molecule has 0 saturated heterocycles. The SMILES string of the molecule is CN=C=NCCC(C)(C)N. The van der Waals surface area contributed by atoms with Gasteiger partial charge >= 0.3 is 0 Å². The van der Waals surface area contributed by atoms with Crippen molar-refractivity contribution < 1.29 is 0 Å². The van der Waals surface area contributed by atoms with Gasteiger partial charge in [0.2, 0.25) is 0 Å². The number of hydrogen-bond donors (Lipinski definition) is 1. The zero-order chi connectivity index (χ0) is 8.04. The van der Waals surface area contributed by atoms with Gasteiger partial charge < -0.3 is 5.73 Å². The van der Waals surface area contributed by atoms with Crippen LogP contribution in [0.2, 0.25) is 0 Å². The van der Waals surface area contributed by atoms with Crippen molar-refractivity contribution in [2.75, 3.05) is 13.6 Å². The van der Waals surface area contributed by atoms with E-state index in [4.69, 9.17) is 5.73 Å². The maximum Gasteiger partial charge on any atom is 0.0889 e. The third-order valence-corrected chi connectivity index (χ3v) is 1.04. The first kappa shape index (κ1) is 9.34. The van der Waals surface area contributed by atoms with E-state index in [1.54, 1.807) is 7.05 Å². The number of hydrogen-bond acceptors (Lipinski definition) is 3. The molecule has 10 heavy (non-hydrogen) atoms. The van der Waals surface area contributed by atoms with Gasteiger partial charge in [0, 0.05) is 12.6 Å². The van der Waals surface area contributed by atoms with Crippen LogP contribution in [0, 0.1) is 0 Å². The summed E-state index contributed by atoms with van der Waals surface area (Å²) in [4.78, 5) is 7.48. The molecule has 0 aliphatic carbocycles. The molecule has 0 aromatic carbocycles. The molecule has 3 heteroatoms. The Balaban J connectivity index is 3.47. The standard InChI is InChI=1S/C7H15N3/c1-7(2,8)4-5-10-6-9-3/h4-5,8H2,1-3H3. The van der Waals surface area contributed by atoms with Crippen LogP contribution in [0.4, 0.5) is 0 Å². The molecule has 0 aromatic heterocycles. The van der Waals surface area contributed by atoms with Gasteiger partial charge in [-0.1, -0.05) is 0 Å². The Kier molecular flexibility index (Phi) is 3.93. The number of nitrogens with zero attached hydrogens (tertiary/aromatic N) is 2. The molecule has 0 amide bonds. The van der Waals surface area contributed by atoms with Crippen LogP contribution in [0.15, 0.2) is 9.98 Å². The van der Waals surface area contributed by atoms with Crippen LogP contribution in [-0.2, 0) is 0 Å². The number of aliphatic imine (C=N–C) groups is 2. The second kappa shape index (κ2) is 4.20. The molecule has 0 unspecified atom stereocenters. The van der Waals surface area contributed by atoms with Crippen molar-refractivity contribution in [2.24, 2.45) is 15.7 Å². The molecule has 0 atom stereocenters. The molecule has 0 radical (unpaired) electrons. The Morgan fingerprint density at radius 2 is 2.10 bits per heavy atom. The van der Waals surface area contributed by atoms with E-state index in [9.17, 15) is 0 Å². The van der Waals surface area contributed by atoms with Crippen molar-refractivity contribution in [1.29, 1.82) is 0 Å². The predicted molar refractivity (Wildman–Crippen MR) is 43.5 cm³/mol. The highest BCUT2D eigenvalue weighted by Gasteiger charge is 2.08. The molecule has 0 fully saturated rings. The van der Waals surface area contributed by atoms with Crippen molar-refractivity contribution >= 4 is 6.01 Å². The first-order valence-electron chi connectivity index (χ1n) is 3.35. The van der Waals surface area contributed by atoms with E-state index in [1.165, 1.54) is 0 Å². The lowest BCUT2D eigenvalue weighted by Gasteiger charge is -2.15. The summed E-state index contributed by atoms with van der Waals surface area (Å²) in [6.45, 7) is 4.66. The van der Waals surface area contributed by atoms with Crippen molar-refractivity contribution in [3.8, 4) is 0 Å². The summed E-state index contributed by atoms with van der Waals surface area (Å²) in [5.74, 6) is 0. The first-order valence-corrected chi connectivity index (χ1v) is 3.35. The lowest BCUT2D eigenvalue weighted by atomic mass is 10.0. The second-order valence-electron chi connectivity index (χ2n) is 2.94. The van der Waals surface area contributed by atoms with Crippen molar-refractivity contribution in [3.05, 3.63) is 0 Å². The van der Waals surface area contributed by atoms with Crippen molar-refractivity contribution in [2.45, 2.75) is 25.8 Å². The van der Waals surface area contributed by atoms with Gasteiger partial charge in [0.25, 0.3) is 0 Å². The Morgan fingerprint density at radius 3 is 2.50 bits per heavy atom. The highest BCUT2D eigenvalue weighted by molar-refractivity contribution is 5.40. The number of nitrogens with two attached hydrogens (primary N) is 1. The Labute approximate surface area is 62.1 Å². The average molecular weight is 141 g/mol. The molecule has 0 aromatic rings. The molecule has 2 N–H and O–H groups in total. The van der Waals surface area contributed by atoms with Gasteiger partial charge in [-0.15, -0.1) is 0 Å². The maximum absolute atomic E-state index is 5.70. The minimum Gasteiger partial charge on any atom is -0.325 e. The zero-order valence-corrected chi connectivity index (χ0v) is 6.89. The smallest absolute Gasteiger partial charge is 0.0889 e. The summed E-state index contributed by atoms with van der Waals surface area (Å²) >= 11 is 0. The van der Waals surface area contributed by atoms with Gasteiger partial charge in [-0.2, -0.15) is 0 Å². The van der Waals surface area contributed by atoms with E-state index in [0.29, 0.717) is 6.54 Å². The predicted octanol–water partition coefficient (Wildman–Crippen LogP) is 0.917. The van der Waals surface area contributed by atoms with Gasteiger partial charge in [0.1, 0.15) is 0 Å². The lowest BCUT2D eigenvalue weighted by Crippen LogP contribution is -2.32. The van der Waals surface area contributed by atoms with E-state index in [-0.39, 0.29) is 5.54 Å². The molecular formula is C7H15N3. The summed E-state index contributed by atoms with van der Waals surface area (Å²) in [5.41, 5.74) is 5.57. The fraction of sp³-hybridized carbons (Fsp3) is 0.857. The summed E-state index contributed by atoms with van der Waals surface area (Å²) in [7, 11) is 1.65. The zero-order valence-electron chi connectivity index (χ0n) is 6.89. The van der Waals surface area contributed by atoms with Gasteiger partial charge in [-0.3, -0.25) is 0 Å². The Morgan fingerprint density at radius 1 is 1.50 bits per heavy atom. The summed E-state index contributed by atoms with van der Waals surface area (Å²) < 4.78 is 0. The van der Waals surface area contributed by atoms with Crippen molar-refractivity contribution in [1.82, 2.24) is 0 Å². The third-order valence-electron chi connectivity index (χ3n) is 1.04. The van der Waals surface area contributed by atoms with Crippen LogP contribution in [0.1, 0.15) is 20.3 Å². The molecule has 0 saturated carbocycles. The fourth-order valence-electron chi connectivity index (χ4n) is 0.465. The molecule has 58 valence electrons. The molecule has 0 heterocycles. The molecule has 0 spiro atoms. The Hall–Kier alpha value is -0.660. The van der Waals surface area contributed by atoms with Crippen LogP contribution < -0.4 is 5.73 Å². The fourth-order valence-corrected chi connectivity index (χ4v) is 0.465. The monoisotopic (exact) mass is 141 g/mol. The minimum atomic E-state index is -0.126. The molecule has 3 nitrogen and oxygen atoms in total. The van der Waals surface area contributed by atoms with E-state index in [2.05, 4.69) is 16.0 Å². The highest BCUT2D eigenvalue weighted by atomic mass is 14.8. The van der Waals surface area contributed by atoms with E-state index < -0.39 is 0 Å². The molecule has 0 aliphatic rings. The van der Waals surface area contributed by atoms with Crippen LogP contribution in [0.3, 0.4) is 0 Å². The first-order chi connectivity index (χ1) is 4.56. The third kappa shape index (κ3) is 7.34. The van der Waals surface area contributed by atoms with Crippen LogP contribution in [0.5, 0.6) is 0 Å². The lowest BCUT2D eigenvalue weighted by molar-refractivity contribution is 0.485. The quantitative estimate of drug-likeness (QED) is 0.584. The number of rotatable bonds is 3. The molecule has 0 rings (SSSR count). The van der Waals surface area contributed by atoms with Crippen LogP contribution >= 0.6 is 0 Å². The van der Waals surface area contributed by atoms with E-state index in [1.807, 2.05) is 13.8 Å². The van der Waals surface area contributed by atoms with E-state index in [0.717, 1.165) is 6.42 Å². The van der Waals surface area contributed by atoms with E-state index >= 15 is 0 Å². The largest absolute Gasteiger partial charge is 0.325 e. The second-order valence-corrected chi connectivity index (χ2v) is 2.94. The average Bonchev–Trinajstić information content (AvgIpc) is 1.78. The maximum atomic E-state index is 5.70. The molecular weight excluding hydrogens is 126 g/mol. The van der Waals surface area contributed by atoms with Crippen molar-refractivity contribution in [3.63, 3.8) is 0 Å². The molecule has 0 aliphatic heterocycles. The summed E-state index contributed by atoms with van der Waals surface area (Å²) in [5, 5.41) is 0. The normalized spacial score (nSPS) is 10.4. The van der Waals surface area contributed by atoms with Gasteiger partial charge in [0.15, 0.2) is 0 Å². The van der Waals surface area contributed by atoms with Gasteiger partial charge in [-0.25, -0.2) is 9.98 Å². The van der Waals surface area contributed by atoms with Gasteiger partial charge in [0.05, 0.1) is 12.6 Å². The molecule has 0 bridgehead atoms. The Bertz CT molecular complexity index is 137. The van der Waals surface area contributed by atoms with Crippen LogP contribution in [-0.4, -0.2) is 25.1 Å². The van der Waals surface area contributed by atoms with Gasteiger partial charge in [-0.05, 0) is 20.3 Å². The highest BCUT2D eigenvalue weighted by Crippen LogP contribution is 2.01. The van der Waals surface area contributed by atoms with Crippen LogP contribution in [0.25, 0.3) is 0 Å².